The zero-order valence-electron chi connectivity index (χ0n) is 18.5. The second-order valence-corrected chi connectivity index (χ2v) is 10.8. The molecule has 2 fully saturated rings. The first-order valence-electron chi connectivity index (χ1n) is 10.6. The molecule has 4 amide bonds. The largest absolute Gasteiger partial charge is 0.366 e. The molecule has 2 aromatic rings. The predicted octanol–water partition coefficient (Wildman–Crippen LogP) is 2.95. The molecule has 174 valence electrons. The van der Waals surface area contributed by atoms with Crippen molar-refractivity contribution in [1.82, 2.24) is 10.2 Å². The van der Waals surface area contributed by atoms with Gasteiger partial charge in [0.15, 0.2) is 0 Å². The number of hydrogen-bond acceptors (Lipinski definition) is 5. The van der Waals surface area contributed by atoms with Crippen LogP contribution in [0, 0.1) is 12.8 Å². The van der Waals surface area contributed by atoms with Crippen molar-refractivity contribution < 1.29 is 19.2 Å². The van der Waals surface area contributed by atoms with Crippen LogP contribution in [0.3, 0.4) is 0 Å². The molecule has 1 aliphatic heterocycles. The summed E-state index contributed by atoms with van der Waals surface area (Å²) < 4.78 is 0.487. The zero-order valence-corrected chi connectivity index (χ0v) is 20.0. The summed E-state index contributed by atoms with van der Waals surface area (Å²) in [4.78, 5) is 52.7. The van der Waals surface area contributed by atoms with E-state index in [2.05, 4.69) is 10.6 Å². The van der Waals surface area contributed by atoms with Gasteiger partial charge in [-0.25, -0.2) is 0 Å². The molecule has 2 heterocycles. The van der Waals surface area contributed by atoms with Crippen LogP contribution >= 0.6 is 22.9 Å². The summed E-state index contributed by atoms with van der Waals surface area (Å²) >= 11 is 7.05. The van der Waals surface area contributed by atoms with Crippen molar-refractivity contribution in [2.24, 2.45) is 11.7 Å². The summed E-state index contributed by atoms with van der Waals surface area (Å²) in [5.41, 5.74) is 5.70. The smallest absolute Gasteiger partial charge is 0.262 e. The predicted molar refractivity (Wildman–Crippen MR) is 126 cm³/mol. The summed E-state index contributed by atoms with van der Waals surface area (Å²) in [6.45, 7) is 5.01. The monoisotopic (exact) mass is 488 g/mol. The average molecular weight is 489 g/mol. The van der Waals surface area contributed by atoms with Crippen molar-refractivity contribution in [1.29, 1.82) is 0 Å². The molecule has 10 heteroatoms. The summed E-state index contributed by atoms with van der Waals surface area (Å²) in [7, 11) is 0. The molecule has 1 aromatic heterocycles. The van der Waals surface area contributed by atoms with E-state index >= 15 is 0 Å². The lowest BCUT2D eigenvalue weighted by Crippen LogP contribution is -2.59. The zero-order chi connectivity index (χ0) is 24.1. The molecule has 1 aromatic carbocycles. The highest BCUT2D eigenvalue weighted by molar-refractivity contribution is 7.18. The molecule has 33 heavy (non-hydrogen) atoms. The number of primary amides is 1. The number of carbonyl (C=O) groups is 4. The Labute approximate surface area is 200 Å². The fraction of sp³-hybridized carbons (Fsp3) is 0.391. The number of anilines is 1. The van der Waals surface area contributed by atoms with Gasteiger partial charge in [0.05, 0.1) is 9.21 Å². The first-order chi connectivity index (χ1) is 15.5. The molecule has 0 radical (unpaired) electrons. The van der Waals surface area contributed by atoms with E-state index in [1.165, 1.54) is 0 Å². The third-order valence-corrected chi connectivity index (χ3v) is 7.39. The Bertz CT molecular complexity index is 1160. The minimum Gasteiger partial charge on any atom is -0.366 e. The van der Waals surface area contributed by atoms with Crippen molar-refractivity contribution in [2.45, 2.75) is 51.2 Å². The lowest BCUT2D eigenvalue weighted by atomic mass is 10.0. The average Bonchev–Trinajstić information content (AvgIpc) is 3.17. The van der Waals surface area contributed by atoms with Gasteiger partial charge in [0.2, 0.25) is 17.7 Å². The number of nitrogens with zero attached hydrogens (tertiary/aromatic N) is 1. The number of amides is 4. The number of hydrogen-bond donors (Lipinski definition) is 3. The summed E-state index contributed by atoms with van der Waals surface area (Å²) in [5.74, 6) is -1.24. The number of nitrogens with two attached hydrogens (primary N) is 1. The lowest BCUT2D eigenvalue weighted by molar-refractivity contribution is -0.142. The number of carbonyl (C=O) groups excluding carboxylic acids is 4. The Morgan fingerprint density at radius 2 is 1.88 bits per heavy atom. The van der Waals surface area contributed by atoms with Gasteiger partial charge in [-0.05, 0) is 75.4 Å². The number of piperidine rings is 1. The van der Waals surface area contributed by atoms with Crippen LogP contribution in [-0.2, 0) is 9.59 Å². The van der Waals surface area contributed by atoms with Gasteiger partial charge >= 0.3 is 0 Å². The van der Waals surface area contributed by atoms with E-state index in [1.807, 2.05) is 0 Å². The van der Waals surface area contributed by atoms with Crippen LogP contribution in [0.4, 0.5) is 5.69 Å². The van der Waals surface area contributed by atoms with E-state index < -0.39 is 17.5 Å². The van der Waals surface area contributed by atoms with E-state index in [1.54, 1.807) is 56.0 Å². The molecule has 0 bridgehead atoms. The molecule has 1 saturated heterocycles. The highest BCUT2D eigenvalue weighted by Gasteiger charge is 2.58. The van der Waals surface area contributed by atoms with Gasteiger partial charge in [0.1, 0.15) is 11.6 Å². The summed E-state index contributed by atoms with van der Waals surface area (Å²) in [5, 5.41) is 5.63. The number of rotatable bonds is 6. The number of likely N-dealkylation sites (tertiary alicyclic amines) is 1. The highest BCUT2D eigenvalue weighted by atomic mass is 35.5. The van der Waals surface area contributed by atoms with Crippen LogP contribution in [-0.4, -0.2) is 46.2 Å². The second-order valence-electron chi connectivity index (χ2n) is 9.09. The van der Waals surface area contributed by atoms with Gasteiger partial charge in [0.25, 0.3) is 5.91 Å². The fourth-order valence-electron chi connectivity index (χ4n) is 4.38. The lowest BCUT2D eigenvalue weighted by Gasteiger charge is -2.34. The van der Waals surface area contributed by atoms with Gasteiger partial charge in [-0.3, -0.25) is 19.2 Å². The van der Waals surface area contributed by atoms with E-state index in [0.29, 0.717) is 32.4 Å². The third-order valence-electron chi connectivity index (χ3n) is 6.16. The quantitative estimate of drug-likeness (QED) is 0.578. The SMILES string of the molecule is Cc1cc(NC(=O)[C@@H]2C[C@@H]3C[C@@H]3N2C(=O)C(C)(C)NC(=O)c2ccc(Cl)s2)ccc1C(N)=O. The van der Waals surface area contributed by atoms with Crippen LogP contribution in [0.5, 0.6) is 0 Å². The number of thiophene rings is 1. The molecule has 3 atom stereocenters. The highest BCUT2D eigenvalue weighted by Crippen LogP contribution is 2.48. The molecular formula is C23H25ClN4O4S. The van der Waals surface area contributed by atoms with Crippen LogP contribution in [0.1, 0.15) is 52.3 Å². The van der Waals surface area contributed by atoms with Crippen molar-refractivity contribution in [3.8, 4) is 0 Å². The van der Waals surface area contributed by atoms with Gasteiger partial charge in [0, 0.05) is 17.3 Å². The number of benzene rings is 1. The van der Waals surface area contributed by atoms with Gasteiger partial charge in [-0.15, -0.1) is 11.3 Å². The van der Waals surface area contributed by atoms with Gasteiger partial charge < -0.3 is 21.3 Å². The Morgan fingerprint density at radius 3 is 2.48 bits per heavy atom. The number of halogens is 1. The minimum atomic E-state index is -1.21. The molecule has 4 N–H and O–H groups in total. The first kappa shape index (κ1) is 23.3. The Morgan fingerprint density at radius 1 is 1.15 bits per heavy atom. The normalized spacial score (nSPS) is 21.3. The summed E-state index contributed by atoms with van der Waals surface area (Å²) in [6, 6.07) is 7.46. The molecule has 1 saturated carbocycles. The maximum Gasteiger partial charge on any atom is 0.262 e. The standard InChI is InChI=1S/C23H25ClN4O4S/c1-11-8-13(4-5-14(11)19(25)29)26-20(30)16-10-12-9-15(12)28(16)22(32)23(2,3)27-21(31)17-6-7-18(24)33-17/h4-8,12,15-16H,9-10H2,1-3H3,(H2,25,29)(H,26,30)(H,27,31)/t12-,15-,16-/m0/s1. The minimum absolute atomic E-state index is 0.000386. The number of nitrogens with one attached hydrogen (secondary N) is 2. The van der Waals surface area contributed by atoms with Gasteiger partial charge in [-0.2, -0.15) is 0 Å². The van der Waals surface area contributed by atoms with Crippen molar-refractivity contribution in [3.05, 3.63) is 50.7 Å². The molecule has 4 rings (SSSR count). The maximum absolute atomic E-state index is 13.5. The van der Waals surface area contributed by atoms with Crippen molar-refractivity contribution >= 4 is 52.3 Å². The van der Waals surface area contributed by atoms with Crippen molar-refractivity contribution in [2.75, 3.05) is 5.32 Å². The number of aryl methyl sites for hydroxylation is 1. The van der Waals surface area contributed by atoms with Crippen LogP contribution in [0.2, 0.25) is 4.34 Å². The van der Waals surface area contributed by atoms with Crippen LogP contribution in [0.15, 0.2) is 30.3 Å². The van der Waals surface area contributed by atoms with Crippen LogP contribution in [0.25, 0.3) is 0 Å². The van der Waals surface area contributed by atoms with E-state index in [-0.39, 0.29) is 29.7 Å². The molecule has 0 unspecified atom stereocenters. The third kappa shape index (κ3) is 4.60. The first-order valence-corrected chi connectivity index (χ1v) is 11.8. The van der Waals surface area contributed by atoms with Crippen molar-refractivity contribution in [3.63, 3.8) is 0 Å². The molecule has 1 aliphatic carbocycles. The maximum atomic E-state index is 13.5. The fourth-order valence-corrected chi connectivity index (χ4v) is 5.32. The molecule has 8 nitrogen and oxygen atoms in total. The molecule has 2 aliphatic rings. The van der Waals surface area contributed by atoms with Crippen LogP contribution < -0.4 is 16.4 Å². The second kappa shape index (κ2) is 8.46. The topological polar surface area (TPSA) is 122 Å². The number of fused-ring (bicyclic) bond motifs is 1. The Kier molecular flexibility index (Phi) is 5.96. The van der Waals surface area contributed by atoms with E-state index in [4.69, 9.17) is 17.3 Å². The van der Waals surface area contributed by atoms with E-state index in [0.717, 1.165) is 17.8 Å². The molecule has 0 spiro atoms. The molecular weight excluding hydrogens is 464 g/mol. The Balaban J connectivity index is 1.48. The Hall–Kier alpha value is -2.91. The van der Waals surface area contributed by atoms with E-state index in [9.17, 15) is 19.2 Å². The summed E-state index contributed by atoms with van der Waals surface area (Å²) in [6.07, 6.45) is 1.43. The van der Waals surface area contributed by atoms with Gasteiger partial charge in [-0.1, -0.05) is 11.6 Å².